The van der Waals surface area contributed by atoms with Gasteiger partial charge in [-0.3, -0.25) is 14.6 Å². The molecule has 1 fully saturated rings. The van der Waals surface area contributed by atoms with Crippen LogP contribution < -0.4 is 10.6 Å². The molecule has 0 atom stereocenters. The van der Waals surface area contributed by atoms with Gasteiger partial charge in [0.25, 0.3) is 11.8 Å². The number of anilines is 1. The van der Waals surface area contributed by atoms with Crippen LogP contribution in [0.5, 0.6) is 0 Å². The third-order valence-electron chi connectivity index (χ3n) is 6.69. The van der Waals surface area contributed by atoms with E-state index in [1.807, 2.05) is 65.6 Å². The fourth-order valence-electron chi connectivity index (χ4n) is 4.57. The summed E-state index contributed by atoms with van der Waals surface area (Å²) in [5, 5.41) is 6.33. The Bertz CT molecular complexity index is 1410. The van der Waals surface area contributed by atoms with E-state index in [1.165, 1.54) is 5.56 Å². The number of rotatable bonds is 6. The molecule has 0 radical (unpaired) electrons. The van der Waals surface area contributed by atoms with Crippen molar-refractivity contribution in [2.24, 2.45) is 0 Å². The molecule has 0 aliphatic carbocycles. The zero-order valence-corrected chi connectivity index (χ0v) is 20.9. The Kier molecular flexibility index (Phi) is 7.38. The van der Waals surface area contributed by atoms with Crippen molar-refractivity contribution in [2.45, 2.75) is 13.3 Å². The molecule has 1 saturated heterocycles. The minimum Gasteiger partial charge on any atom is -0.336 e. The number of aryl methyl sites for hydroxylation is 1. The molecule has 1 aliphatic heterocycles. The van der Waals surface area contributed by atoms with Crippen molar-refractivity contribution in [3.63, 3.8) is 0 Å². The van der Waals surface area contributed by atoms with E-state index in [0.717, 1.165) is 60.5 Å². The van der Waals surface area contributed by atoms with Gasteiger partial charge in [-0.05, 0) is 47.4 Å². The Labute approximate surface area is 217 Å². The van der Waals surface area contributed by atoms with Gasteiger partial charge in [0.05, 0.1) is 5.56 Å². The molecule has 186 valence electrons. The molecule has 37 heavy (non-hydrogen) atoms. The number of hydrogen-bond donors (Lipinski definition) is 2. The molecular weight excluding hydrogens is 460 g/mol. The molecule has 0 bridgehead atoms. The van der Waals surface area contributed by atoms with Crippen LogP contribution in [-0.4, -0.2) is 47.9 Å². The number of benzene rings is 3. The van der Waals surface area contributed by atoms with Crippen LogP contribution in [0, 0.1) is 0 Å². The van der Waals surface area contributed by atoms with Crippen molar-refractivity contribution in [3.8, 4) is 22.3 Å². The van der Waals surface area contributed by atoms with Gasteiger partial charge in [0, 0.05) is 61.0 Å². The van der Waals surface area contributed by atoms with Gasteiger partial charge in [-0.1, -0.05) is 61.5 Å². The monoisotopic (exact) mass is 490 g/mol. The maximum Gasteiger partial charge on any atom is 0.257 e. The predicted molar refractivity (Wildman–Crippen MR) is 148 cm³/mol. The van der Waals surface area contributed by atoms with E-state index in [9.17, 15) is 9.59 Å². The highest BCUT2D eigenvalue weighted by molar-refractivity contribution is 6.06. The van der Waals surface area contributed by atoms with Gasteiger partial charge >= 0.3 is 0 Å². The van der Waals surface area contributed by atoms with Crippen molar-refractivity contribution in [2.75, 3.05) is 31.5 Å². The summed E-state index contributed by atoms with van der Waals surface area (Å²) >= 11 is 0. The summed E-state index contributed by atoms with van der Waals surface area (Å²) in [6.07, 6.45) is 4.25. The summed E-state index contributed by atoms with van der Waals surface area (Å²) in [6.45, 7) is 5.20. The number of nitrogens with zero attached hydrogens (tertiary/aromatic N) is 2. The molecule has 2 N–H and O–H groups in total. The standard InChI is InChI=1S/C31H30N4O2/c1-2-22-6-5-7-25(18-22)28-8-3-4-9-29(28)34-30(36)27-19-26(20-33-21-27)23-10-12-24(13-11-23)31(37)35-16-14-32-15-17-35/h3-13,18-21,32H,2,14-17H2,1H3,(H,34,36). The molecule has 2 amide bonds. The van der Waals surface area contributed by atoms with Gasteiger partial charge in [0.15, 0.2) is 0 Å². The van der Waals surface area contributed by atoms with Crippen molar-refractivity contribution in [1.82, 2.24) is 15.2 Å². The van der Waals surface area contributed by atoms with Crippen LogP contribution in [0.3, 0.4) is 0 Å². The van der Waals surface area contributed by atoms with Crippen LogP contribution in [0.4, 0.5) is 5.69 Å². The Morgan fingerprint density at radius 1 is 0.838 bits per heavy atom. The second-order valence-corrected chi connectivity index (χ2v) is 9.14. The van der Waals surface area contributed by atoms with Gasteiger partial charge < -0.3 is 15.5 Å². The molecule has 5 rings (SSSR count). The van der Waals surface area contributed by atoms with E-state index >= 15 is 0 Å². The number of amides is 2. The number of carbonyl (C=O) groups is 2. The number of piperazine rings is 1. The summed E-state index contributed by atoms with van der Waals surface area (Å²) in [5.74, 6) is -0.179. The minimum absolute atomic E-state index is 0.0439. The first-order chi connectivity index (χ1) is 18.1. The Balaban J connectivity index is 1.34. The van der Waals surface area contributed by atoms with Crippen molar-refractivity contribution < 1.29 is 9.59 Å². The van der Waals surface area contributed by atoms with Gasteiger partial charge in [-0.15, -0.1) is 0 Å². The van der Waals surface area contributed by atoms with Gasteiger partial charge in [-0.25, -0.2) is 0 Å². The molecule has 6 nitrogen and oxygen atoms in total. The number of pyridine rings is 1. The third-order valence-corrected chi connectivity index (χ3v) is 6.69. The molecule has 6 heteroatoms. The maximum atomic E-state index is 13.2. The van der Waals surface area contributed by atoms with Crippen LogP contribution in [-0.2, 0) is 6.42 Å². The average Bonchev–Trinajstić information content (AvgIpc) is 2.97. The normalized spacial score (nSPS) is 13.3. The van der Waals surface area contributed by atoms with Gasteiger partial charge in [-0.2, -0.15) is 0 Å². The topological polar surface area (TPSA) is 74.3 Å². The van der Waals surface area contributed by atoms with Crippen molar-refractivity contribution in [1.29, 1.82) is 0 Å². The van der Waals surface area contributed by atoms with E-state index in [0.29, 0.717) is 11.1 Å². The molecule has 0 saturated carbocycles. The van der Waals surface area contributed by atoms with Gasteiger partial charge in [0.2, 0.25) is 0 Å². The molecule has 0 unspecified atom stereocenters. The third kappa shape index (κ3) is 5.60. The molecule has 1 aliphatic rings. The summed E-state index contributed by atoms with van der Waals surface area (Å²) in [4.78, 5) is 32.2. The summed E-state index contributed by atoms with van der Waals surface area (Å²) in [6, 6.07) is 25.5. The van der Waals surface area contributed by atoms with Crippen LogP contribution in [0.25, 0.3) is 22.3 Å². The molecule has 1 aromatic heterocycles. The van der Waals surface area contributed by atoms with Crippen LogP contribution in [0.15, 0.2) is 91.3 Å². The summed E-state index contributed by atoms with van der Waals surface area (Å²) < 4.78 is 0. The Morgan fingerprint density at radius 2 is 1.62 bits per heavy atom. The van der Waals surface area contributed by atoms with Crippen molar-refractivity contribution >= 4 is 17.5 Å². The number of nitrogens with one attached hydrogen (secondary N) is 2. The van der Waals surface area contributed by atoms with E-state index in [2.05, 4.69) is 40.7 Å². The van der Waals surface area contributed by atoms with Gasteiger partial charge in [0.1, 0.15) is 0 Å². The minimum atomic E-state index is -0.223. The number of hydrogen-bond acceptors (Lipinski definition) is 4. The van der Waals surface area contributed by atoms with Crippen LogP contribution in [0.2, 0.25) is 0 Å². The van der Waals surface area contributed by atoms with Crippen LogP contribution in [0.1, 0.15) is 33.2 Å². The largest absolute Gasteiger partial charge is 0.336 e. The van der Waals surface area contributed by atoms with Crippen molar-refractivity contribution in [3.05, 3.63) is 108 Å². The quantitative estimate of drug-likeness (QED) is 0.386. The fraction of sp³-hybridized carbons (Fsp3) is 0.194. The highest BCUT2D eigenvalue weighted by atomic mass is 16.2. The highest BCUT2D eigenvalue weighted by Crippen LogP contribution is 2.29. The fourth-order valence-corrected chi connectivity index (χ4v) is 4.57. The first kappa shape index (κ1) is 24.4. The van der Waals surface area contributed by atoms with E-state index in [-0.39, 0.29) is 11.8 Å². The Morgan fingerprint density at radius 3 is 2.41 bits per heavy atom. The van der Waals surface area contributed by atoms with E-state index in [4.69, 9.17) is 0 Å². The summed E-state index contributed by atoms with van der Waals surface area (Å²) in [5.41, 5.74) is 6.89. The second-order valence-electron chi connectivity index (χ2n) is 9.14. The zero-order chi connectivity index (χ0) is 25.6. The first-order valence-corrected chi connectivity index (χ1v) is 12.7. The lowest BCUT2D eigenvalue weighted by molar-refractivity contribution is 0.0735. The molecule has 4 aromatic rings. The smallest absolute Gasteiger partial charge is 0.257 e. The lowest BCUT2D eigenvalue weighted by Gasteiger charge is -2.27. The predicted octanol–water partition coefficient (Wildman–Crippen LogP) is 5.28. The highest BCUT2D eigenvalue weighted by Gasteiger charge is 2.18. The van der Waals surface area contributed by atoms with Crippen LogP contribution >= 0.6 is 0 Å². The summed E-state index contributed by atoms with van der Waals surface area (Å²) in [7, 11) is 0. The molecule has 2 heterocycles. The van der Waals surface area contributed by atoms with E-state index < -0.39 is 0 Å². The lowest BCUT2D eigenvalue weighted by Crippen LogP contribution is -2.46. The average molecular weight is 491 g/mol. The second kappa shape index (κ2) is 11.2. The number of para-hydroxylation sites is 1. The van der Waals surface area contributed by atoms with E-state index in [1.54, 1.807) is 12.4 Å². The lowest BCUT2D eigenvalue weighted by atomic mass is 10.00. The molecule has 0 spiro atoms. The SMILES string of the molecule is CCc1cccc(-c2ccccc2NC(=O)c2cncc(-c3ccc(C(=O)N4CCNCC4)cc3)c2)c1. The Hall–Kier alpha value is -4.29. The molecular formula is C31H30N4O2. The number of carbonyl (C=O) groups excluding carboxylic acids is 2. The first-order valence-electron chi connectivity index (χ1n) is 12.7. The molecule has 3 aromatic carbocycles. The zero-order valence-electron chi connectivity index (χ0n) is 20.9. The maximum absolute atomic E-state index is 13.2. The number of aromatic nitrogens is 1.